The number of nitrogens with two attached hydrogens (primary N) is 1. The Morgan fingerprint density at radius 3 is 2.52 bits per heavy atom. The summed E-state index contributed by atoms with van der Waals surface area (Å²) in [6, 6.07) is 4.01. The third-order valence-electron chi connectivity index (χ3n) is 3.07. The molecule has 1 aromatic carbocycles. The number of sulfonamides is 1. The average molecular weight is 316 g/mol. The second-order valence-corrected chi connectivity index (χ2v) is 6.31. The number of hydrazine groups is 1. The molecule has 118 valence electrons. The lowest BCUT2D eigenvalue weighted by atomic mass is 10.3. The molecule has 0 fully saturated rings. The summed E-state index contributed by atoms with van der Waals surface area (Å²) in [7, 11) is -3.94. The second-order valence-electron chi connectivity index (χ2n) is 4.40. The first kappa shape index (κ1) is 17.3. The molecule has 9 heteroatoms. The van der Waals surface area contributed by atoms with Crippen molar-refractivity contribution in [3.05, 3.63) is 28.3 Å². The van der Waals surface area contributed by atoms with E-state index in [1.54, 1.807) is 6.92 Å². The lowest BCUT2D eigenvalue weighted by Crippen LogP contribution is -2.32. The van der Waals surface area contributed by atoms with Gasteiger partial charge in [-0.2, -0.15) is 4.31 Å². The van der Waals surface area contributed by atoms with E-state index in [1.807, 2.05) is 6.92 Å². The maximum Gasteiger partial charge on any atom is 0.313 e. The Hall–Kier alpha value is -1.71. The maximum atomic E-state index is 12.6. The highest BCUT2D eigenvalue weighted by atomic mass is 32.2. The monoisotopic (exact) mass is 316 g/mol. The van der Waals surface area contributed by atoms with E-state index < -0.39 is 20.6 Å². The number of nitrogen functional groups attached to an aromatic ring is 1. The van der Waals surface area contributed by atoms with Gasteiger partial charge in [-0.05, 0) is 18.6 Å². The first-order valence-electron chi connectivity index (χ1n) is 6.64. The minimum Gasteiger partial charge on any atom is -0.318 e. The van der Waals surface area contributed by atoms with Crippen LogP contribution in [0.5, 0.6) is 0 Å². The van der Waals surface area contributed by atoms with Crippen molar-refractivity contribution in [1.82, 2.24) is 4.31 Å². The number of hydrogen-bond donors (Lipinski definition) is 2. The number of hydrogen-bond acceptors (Lipinski definition) is 6. The quantitative estimate of drug-likeness (QED) is 0.428. The predicted octanol–water partition coefficient (Wildman–Crippen LogP) is 1.69. The van der Waals surface area contributed by atoms with Crippen molar-refractivity contribution in [2.45, 2.75) is 31.6 Å². The summed E-state index contributed by atoms with van der Waals surface area (Å²) >= 11 is 0. The van der Waals surface area contributed by atoms with Gasteiger partial charge in [-0.25, -0.2) is 8.42 Å². The van der Waals surface area contributed by atoms with Crippen molar-refractivity contribution in [2.24, 2.45) is 5.84 Å². The van der Waals surface area contributed by atoms with Gasteiger partial charge in [-0.15, -0.1) is 0 Å². The molecule has 0 bridgehead atoms. The van der Waals surface area contributed by atoms with E-state index in [0.29, 0.717) is 13.0 Å². The fourth-order valence-corrected chi connectivity index (χ4v) is 3.62. The zero-order valence-corrected chi connectivity index (χ0v) is 12.9. The van der Waals surface area contributed by atoms with E-state index in [1.165, 1.54) is 22.5 Å². The minimum atomic E-state index is -3.94. The molecule has 0 aromatic heterocycles. The van der Waals surface area contributed by atoms with Gasteiger partial charge in [0.2, 0.25) is 10.0 Å². The first-order chi connectivity index (χ1) is 9.89. The summed E-state index contributed by atoms with van der Waals surface area (Å²) in [4.78, 5) is 10.1. The Morgan fingerprint density at radius 2 is 2.05 bits per heavy atom. The fourth-order valence-electron chi connectivity index (χ4n) is 1.96. The Balaban J connectivity index is 3.40. The van der Waals surface area contributed by atoms with Crippen LogP contribution >= 0.6 is 0 Å². The highest BCUT2D eigenvalue weighted by Crippen LogP contribution is 2.33. The summed E-state index contributed by atoms with van der Waals surface area (Å²) in [5.74, 6) is 5.23. The van der Waals surface area contributed by atoms with Crippen LogP contribution in [0, 0.1) is 10.1 Å². The third kappa shape index (κ3) is 3.69. The normalized spacial score (nSPS) is 11.6. The number of nitro groups is 1. The van der Waals surface area contributed by atoms with Crippen molar-refractivity contribution in [1.29, 1.82) is 0 Å². The molecule has 0 aliphatic heterocycles. The fraction of sp³-hybridized carbons (Fsp3) is 0.500. The van der Waals surface area contributed by atoms with Crippen LogP contribution in [0.3, 0.4) is 0 Å². The smallest absolute Gasteiger partial charge is 0.313 e. The highest BCUT2D eigenvalue weighted by Gasteiger charge is 2.32. The Kier molecular flexibility index (Phi) is 6.06. The molecule has 1 aromatic rings. The van der Waals surface area contributed by atoms with Crippen LogP contribution in [0.1, 0.15) is 26.7 Å². The molecule has 0 aliphatic rings. The van der Waals surface area contributed by atoms with E-state index in [4.69, 9.17) is 5.84 Å². The Labute approximate surface area is 124 Å². The zero-order valence-electron chi connectivity index (χ0n) is 12.1. The molecule has 0 radical (unpaired) electrons. The summed E-state index contributed by atoms with van der Waals surface area (Å²) in [5.41, 5.74) is 1.60. The van der Waals surface area contributed by atoms with Crippen LogP contribution in [0.2, 0.25) is 0 Å². The number of anilines is 1. The maximum absolute atomic E-state index is 12.6. The van der Waals surface area contributed by atoms with Crippen LogP contribution in [-0.4, -0.2) is 30.7 Å². The number of para-hydroxylation sites is 1. The van der Waals surface area contributed by atoms with Crippen LogP contribution < -0.4 is 11.3 Å². The molecule has 3 N–H and O–H groups in total. The number of nitrogens with zero attached hydrogens (tertiary/aromatic N) is 2. The van der Waals surface area contributed by atoms with E-state index in [2.05, 4.69) is 5.43 Å². The minimum absolute atomic E-state index is 0.0346. The number of benzene rings is 1. The largest absolute Gasteiger partial charge is 0.318 e. The molecule has 0 saturated carbocycles. The van der Waals surface area contributed by atoms with E-state index in [-0.39, 0.29) is 17.1 Å². The standard InChI is InChI=1S/C12H20N4O4S/c1-3-5-9-15(4-2)21(19,20)11-8-6-7-10(14-13)12(11)16(17)18/h6-8,14H,3-5,9,13H2,1-2H3. The third-order valence-corrected chi connectivity index (χ3v) is 5.07. The van der Waals surface area contributed by atoms with Gasteiger partial charge in [0, 0.05) is 13.1 Å². The number of nitro benzene ring substituents is 1. The van der Waals surface area contributed by atoms with Gasteiger partial charge in [0.15, 0.2) is 4.90 Å². The van der Waals surface area contributed by atoms with Crippen LogP contribution in [0.15, 0.2) is 23.1 Å². The number of rotatable bonds is 8. The van der Waals surface area contributed by atoms with Gasteiger partial charge in [-0.3, -0.25) is 16.0 Å². The Bertz CT molecular complexity index is 603. The SMILES string of the molecule is CCCCN(CC)S(=O)(=O)c1cccc(NN)c1[N+](=O)[O-]. The Morgan fingerprint density at radius 1 is 1.38 bits per heavy atom. The van der Waals surface area contributed by atoms with Crippen molar-refractivity contribution in [3.63, 3.8) is 0 Å². The summed E-state index contributed by atoms with van der Waals surface area (Å²) in [6.45, 7) is 4.22. The molecule has 1 rings (SSSR count). The molecular formula is C12H20N4O4S. The average Bonchev–Trinajstić information content (AvgIpc) is 2.46. The van der Waals surface area contributed by atoms with E-state index in [0.717, 1.165) is 6.42 Å². The molecule has 8 nitrogen and oxygen atoms in total. The molecular weight excluding hydrogens is 296 g/mol. The van der Waals surface area contributed by atoms with Gasteiger partial charge in [0.25, 0.3) is 0 Å². The summed E-state index contributed by atoms with van der Waals surface area (Å²) in [6.07, 6.45) is 1.52. The van der Waals surface area contributed by atoms with Crippen LogP contribution in [0.25, 0.3) is 0 Å². The van der Waals surface area contributed by atoms with Crippen LogP contribution in [0.4, 0.5) is 11.4 Å². The molecule has 0 unspecified atom stereocenters. The number of nitrogens with one attached hydrogen (secondary N) is 1. The summed E-state index contributed by atoms with van der Waals surface area (Å²) < 4.78 is 26.5. The zero-order chi connectivity index (χ0) is 16.0. The van der Waals surface area contributed by atoms with Crippen molar-refractivity contribution in [2.75, 3.05) is 18.5 Å². The van der Waals surface area contributed by atoms with Gasteiger partial charge in [0.05, 0.1) is 4.92 Å². The van der Waals surface area contributed by atoms with Gasteiger partial charge in [-0.1, -0.05) is 26.3 Å². The molecule has 0 spiro atoms. The van der Waals surface area contributed by atoms with E-state index >= 15 is 0 Å². The molecule has 0 atom stereocenters. The summed E-state index contributed by atoms with van der Waals surface area (Å²) in [5, 5.41) is 11.2. The molecule has 21 heavy (non-hydrogen) atoms. The van der Waals surface area contributed by atoms with Gasteiger partial charge < -0.3 is 5.43 Å². The highest BCUT2D eigenvalue weighted by molar-refractivity contribution is 7.89. The number of unbranched alkanes of at least 4 members (excludes halogenated alkanes) is 1. The van der Waals surface area contributed by atoms with E-state index in [9.17, 15) is 18.5 Å². The van der Waals surface area contributed by atoms with Crippen molar-refractivity contribution < 1.29 is 13.3 Å². The molecule has 0 aliphatic carbocycles. The van der Waals surface area contributed by atoms with Crippen LogP contribution in [-0.2, 0) is 10.0 Å². The first-order valence-corrected chi connectivity index (χ1v) is 8.08. The van der Waals surface area contributed by atoms with Crippen molar-refractivity contribution in [3.8, 4) is 0 Å². The van der Waals surface area contributed by atoms with Gasteiger partial charge >= 0.3 is 5.69 Å². The van der Waals surface area contributed by atoms with Gasteiger partial charge in [0.1, 0.15) is 5.69 Å². The molecule has 0 heterocycles. The lowest BCUT2D eigenvalue weighted by molar-refractivity contribution is -0.386. The predicted molar refractivity (Wildman–Crippen MR) is 80.2 cm³/mol. The second kappa shape index (κ2) is 7.34. The lowest BCUT2D eigenvalue weighted by Gasteiger charge is -2.20. The molecule has 0 amide bonds. The molecule has 0 saturated heterocycles. The topological polar surface area (TPSA) is 119 Å². The van der Waals surface area contributed by atoms with Crippen molar-refractivity contribution >= 4 is 21.4 Å².